The Hall–Kier alpha value is -1.40. The molecule has 2 unspecified atom stereocenters. The van der Waals surface area contributed by atoms with E-state index >= 15 is 0 Å². The van der Waals surface area contributed by atoms with E-state index in [-0.39, 0.29) is 0 Å². The monoisotopic (exact) mass is 448 g/mol. The molecule has 15 heteroatoms. The molecule has 2 rings (SSSR count). The van der Waals surface area contributed by atoms with Crippen LogP contribution in [0, 0.1) is 0 Å². The number of rotatable bonds is 7. The van der Waals surface area contributed by atoms with Crippen LogP contribution in [0.1, 0.15) is 6.23 Å². The van der Waals surface area contributed by atoms with E-state index in [1.54, 1.807) is 0 Å². The second kappa shape index (κ2) is 8.74. The molecule has 2 heterocycles. The Bertz CT molecular complexity index is 851. The number of nitrogens with zero attached hydrogens (tertiary/aromatic N) is 1. The number of carbonyl (C=O) groups excluding carboxylic acids is 1. The fourth-order valence-corrected chi connectivity index (χ4v) is 2.87. The molecule has 1 aromatic rings. The molecule has 1 fully saturated rings. The summed E-state index contributed by atoms with van der Waals surface area (Å²) >= 11 is 10.5. The predicted molar refractivity (Wildman–Crippen MR) is 90.0 cm³/mol. The van der Waals surface area contributed by atoms with Gasteiger partial charge in [-0.05, 0) is 22.5 Å². The van der Waals surface area contributed by atoms with Gasteiger partial charge in [-0.25, -0.2) is 9.59 Å². The summed E-state index contributed by atoms with van der Waals surface area (Å²) in [6.45, 7) is -1.14. The van der Waals surface area contributed by atoms with E-state index in [4.69, 9.17) is 32.0 Å². The summed E-state index contributed by atoms with van der Waals surface area (Å²) in [6.07, 6.45) is -8.87. The van der Waals surface area contributed by atoms with Crippen LogP contribution in [0.15, 0.2) is 15.8 Å². The summed E-state index contributed by atoms with van der Waals surface area (Å²) in [5.41, 5.74) is -1.91. The largest absolute Gasteiger partial charge is 0.475 e. The lowest BCUT2D eigenvalue weighted by Crippen LogP contribution is -2.38. The average molecular weight is 449 g/mol. The Balaban J connectivity index is 2.23. The van der Waals surface area contributed by atoms with Gasteiger partial charge in [-0.1, -0.05) is 0 Å². The van der Waals surface area contributed by atoms with E-state index in [0.717, 1.165) is 17.9 Å². The number of carbonyl (C=O) groups is 1. The number of hydrogen-bond donors (Lipinski definition) is 3. The summed E-state index contributed by atoms with van der Waals surface area (Å²) < 4.78 is 31.2. The van der Waals surface area contributed by atoms with E-state index < -0.39 is 66.8 Å². The van der Waals surface area contributed by atoms with Crippen molar-refractivity contribution in [1.29, 1.82) is 0 Å². The van der Waals surface area contributed by atoms with Crippen LogP contribution in [0.5, 0.6) is 5.75 Å². The third-order valence-corrected chi connectivity index (χ3v) is 4.54. The number of aliphatic hydroxyl groups is 2. The summed E-state index contributed by atoms with van der Waals surface area (Å²) in [7, 11) is 1.11. The number of aromatic amines is 1. The van der Waals surface area contributed by atoms with Crippen LogP contribution in [-0.4, -0.2) is 64.4 Å². The van der Waals surface area contributed by atoms with Crippen LogP contribution in [0.25, 0.3) is 0 Å². The van der Waals surface area contributed by atoms with Gasteiger partial charge >= 0.3 is 17.7 Å². The highest BCUT2D eigenvalue weighted by Gasteiger charge is 2.45. The molecule has 1 aromatic heterocycles. The summed E-state index contributed by atoms with van der Waals surface area (Å²) in [6, 6.07) is 0. The van der Waals surface area contributed by atoms with Gasteiger partial charge in [-0.3, -0.25) is 18.9 Å². The summed E-state index contributed by atoms with van der Waals surface area (Å²) in [5.74, 6) is -1.21. The Labute approximate surface area is 160 Å². The number of methoxy groups -OCH3 is 1. The van der Waals surface area contributed by atoms with Crippen molar-refractivity contribution in [1.82, 2.24) is 9.55 Å². The first-order chi connectivity index (χ1) is 12.5. The van der Waals surface area contributed by atoms with E-state index in [9.17, 15) is 29.2 Å². The molecule has 0 spiro atoms. The van der Waals surface area contributed by atoms with Crippen LogP contribution < -0.4 is 16.0 Å². The zero-order valence-corrected chi connectivity index (χ0v) is 16.0. The fraction of sp³-hybridized carbons (Fsp3) is 0.583. The molecule has 1 saturated heterocycles. The highest BCUT2D eigenvalue weighted by atomic mass is 35.9. The van der Waals surface area contributed by atoms with Crippen molar-refractivity contribution in [2.24, 2.45) is 0 Å². The van der Waals surface area contributed by atoms with Crippen molar-refractivity contribution >= 4 is 34.5 Å². The Morgan fingerprint density at radius 2 is 2.04 bits per heavy atom. The van der Waals surface area contributed by atoms with Crippen LogP contribution >= 0.6 is 28.6 Å². The van der Waals surface area contributed by atoms with Crippen molar-refractivity contribution in [3.8, 4) is 5.75 Å². The molecular formula is C12H15Cl2N2O10P. The number of aliphatic hydroxyl groups excluding tert-OH is 2. The molecule has 0 bridgehead atoms. The lowest BCUT2D eigenvalue weighted by molar-refractivity contribution is -0.142. The number of ether oxygens (including phenoxy) is 3. The SMILES string of the molecule is COC(=O)COc1cn([C@@H]2O[C@H](COP(=O)(Cl)Cl)C(O)C2O)c(=O)[nH]c1=O. The Morgan fingerprint density at radius 3 is 2.63 bits per heavy atom. The fourth-order valence-electron chi connectivity index (χ4n) is 2.21. The molecule has 27 heavy (non-hydrogen) atoms. The van der Waals surface area contributed by atoms with Gasteiger partial charge in [-0.2, -0.15) is 0 Å². The molecule has 0 saturated carbocycles. The zero-order chi connectivity index (χ0) is 20.4. The molecule has 1 aliphatic rings. The van der Waals surface area contributed by atoms with Gasteiger partial charge in [0.05, 0.1) is 19.9 Å². The topological polar surface area (TPSA) is 166 Å². The van der Waals surface area contributed by atoms with Crippen molar-refractivity contribution in [2.45, 2.75) is 24.5 Å². The first kappa shape index (κ1) is 21.9. The molecule has 0 radical (unpaired) electrons. The van der Waals surface area contributed by atoms with E-state index in [1.165, 1.54) is 0 Å². The quantitative estimate of drug-likeness (QED) is 0.358. The Morgan fingerprint density at radius 1 is 1.37 bits per heavy atom. The van der Waals surface area contributed by atoms with Crippen molar-refractivity contribution in [3.05, 3.63) is 27.0 Å². The lowest BCUT2D eigenvalue weighted by Gasteiger charge is -2.18. The number of hydrogen-bond acceptors (Lipinski definition) is 10. The van der Waals surface area contributed by atoms with Crippen LogP contribution in [0.3, 0.4) is 0 Å². The van der Waals surface area contributed by atoms with Crippen LogP contribution in [0.2, 0.25) is 0 Å². The van der Waals surface area contributed by atoms with Gasteiger partial charge < -0.3 is 28.9 Å². The second-order valence-electron chi connectivity index (χ2n) is 5.28. The molecule has 0 aromatic carbocycles. The molecule has 1 aliphatic heterocycles. The summed E-state index contributed by atoms with van der Waals surface area (Å²) in [4.78, 5) is 36.8. The minimum Gasteiger partial charge on any atom is -0.475 e. The van der Waals surface area contributed by atoms with Gasteiger partial charge in [0.15, 0.2) is 12.8 Å². The van der Waals surface area contributed by atoms with Gasteiger partial charge in [0.25, 0.3) is 5.56 Å². The van der Waals surface area contributed by atoms with Crippen LogP contribution in [-0.2, 0) is 23.4 Å². The maximum atomic E-state index is 12.0. The number of H-pyrrole nitrogens is 1. The molecular weight excluding hydrogens is 434 g/mol. The van der Waals surface area contributed by atoms with Gasteiger partial charge in [0.2, 0.25) is 5.75 Å². The van der Waals surface area contributed by atoms with E-state index in [1.807, 2.05) is 4.98 Å². The first-order valence-corrected chi connectivity index (χ1v) is 10.7. The van der Waals surface area contributed by atoms with Crippen LogP contribution in [0.4, 0.5) is 0 Å². The van der Waals surface area contributed by atoms with E-state index in [0.29, 0.717) is 0 Å². The predicted octanol–water partition coefficient (Wildman–Crippen LogP) is -0.690. The lowest BCUT2D eigenvalue weighted by atomic mass is 10.1. The van der Waals surface area contributed by atoms with Crippen molar-refractivity contribution in [3.63, 3.8) is 0 Å². The van der Waals surface area contributed by atoms with Crippen molar-refractivity contribution < 1.29 is 38.3 Å². The number of esters is 1. The Kier molecular flexibility index (Phi) is 7.09. The standard InChI is InChI=1S/C12H15Cl2N2O10P/c1-23-7(17)4-24-5-2-16(12(21)15-10(5)20)11-9(19)8(18)6(26-11)3-25-27(13,14)22/h2,6,8-9,11,18-19H,3-4H2,1H3,(H,15,20,21)/t6-,8?,9?,11-/m1/s1. The summed E-state index contributed by atoms with van der Waals surface area (Å²) in [5, 5.41) is 20.1. The maximum absolute atomic E-state index is 12.0. The number of nitrogens with one attached hydrogen (secondary N) is 1. The molecule has 0 aliphatic carbocycles. The molecule has 152 valence electrons. The third-order valence-electron chi connectivity index (χ3n) is 3.51. The molecule has 4 atom stereocenters. The smallest absolute Gasteiger partial charge is 0.380 e. The highest BCUT2D eigenvalue weighted by Crippen LogP contribution is 2.57. The minimum atomic E-state index is -3.91. The van der Waals surface area contributed by atoms with Gasteiger partial charge in [0.1, 0.15) is 18.3 Å². The zero-order valence-electron chi connectivity index (χ0n) is 13.6. The molecule has 12 nitrogen and oxygen atoms in total. The molecule has 3 N–H and O–H groups in total. The highest BCUT2D eigenvalue weighted by molar-refractivity contribution is 8.05. The first-order valence-electron chi connectivity index (χ1n) is 7.24. The minimum absolute atomic E-state index is 0.434. The maximum Gasteiger partial charge on any atom is 0.380 e. The van der Waals surface area contributed by atoms with Crippen molar-refractivity contribution in [2.75, 3.05) is 20.3 Å². The van der Waals surface area contributed by atoms with Gasteiger partial charge in [-0.15, -0.1) is 0 Å². The normalized spacial score (nSPS) is 25.4. The molecule has 0 amide bonds. The second-order valence-corrected chi connectivity index (χ2v) is 9.56. The number of halogens is 2. The van der Waals surface area contributed by atoms with Gasteiger partial charge in [0, 0.05) is 0 Å². The third kappa shape index (κ3) is 5.55. The average Bonchev–Trinajstić information content (AvgIpc) is 2.86. The number of aromatic nitrogens is 2. The van der Waals surface area contributed by atoms with E-state index in [2.05, 4.69) is 9.26 Å².